The Morgan fingerprint density at radius 1 is 0.680 bits per heavy atom. The zero-order chi connectivity index (χ0) is 19.8. The topological polar surface area (TPSA) is 71.4 Å². The summed E-state index contributed by atoms with van der Waals surface area (Å²) in [6, 6.07) is 8.69. The summed E-state index contributed by atoms with van der Waals surface area (Å²) < 4.78 is 0. The van der Waals surface area contributed by atoms with Crippen LogP contribution < -0.4 is 5.19 Å². The van der Waals surface area contributed by atoms with Gasteiger partial charge in [0, 0.05) is 8.07 Å². The summed E-state index contributed by atoms with van der Waals surface area (Å²) in [6.07, 6.45) is 0. The fourth-order valence-corrected chi connectivity index (χ4v) is 2.07. The minimum atomic E-state index is -0.981. The number of hydrogen-bond acceptors (Lipinski definition) is 0. The van der Waals surface area contributed by atoms with Gasteiger partial charge in [-0.2, -0.15) is 17.3 Å². The Morgan fingerprint density at radius 3 is 0.960 bits per heavy atom. The van der Waals surface area contributed by atoms with Crippen molar-refractivity contribution < 1.29 is 26.2 Å². The predicted molar refractivity (Wildman–Crippen MR) is 117 cm³/mol. The molecule has 1 rings (SSSR count). The fraction of sp³-hybridized carbons (Fsp3) is 0.750. The van der Waals surface area contributed by atoms with Crippen molar-refractivity contribution in [3.8, 4) is 0 Å². The van der Waals surface area contributed by atoms with Gasteiger partial charge in [-0.05, 0) is 0 Å². The molecular weight excluding hydrogens is 402 g/mol. The van der Waals surface area contributed by atoms with Gasteiger partial charge in [0.2, 0.25) is 0 Å². The normalized spacial score (nSPS) is 10.0. The summed E-state index contributed by atoms with van der Waals surface area (Å²) in [6.45, 7) is 21.0. The van der Waals surface area contributed by atoms with Crippen LogP contribution in [0, 0.1) is 17.8 Å². The van der Waals surface area contributed by atoms with Crippen LogP contribution >= 0.6 is 0 Å². The van der Waals surface area contributed by atoms with E-state index in [2.05, 4.69) is 43.9 Å². The van der Waals surface area contributed by atoms with Crippen LogP contribution in [-0.4, -0.2) is 27.7 Å². The smallest absolute Gasteiger partial charge is 0.677 e. The Hall–Kier alpha value is 0.330. The van der Waals surface area contributed by atoms with Crippen molar-refractivity contribution in [1.29, 1.82) is 0 Å². The van der Waals surface area contributed by atoms with E-state index in [1.54, 1.807) is 5.19 Å². The zero-order valence-corrected chi connectivity index (χ0v) is 21.6. The van der Waals surface area contributed by atoms with Gasteiger partial charge in [0.25, 0.3) is 0 Å². The maximum Gasteiger partial charge on any atom is 4.00 e. The Morgan fingerprint density at radius 2 is 0.880 bits per heavy atom. The van der Waals surface area contributed by atoms with E-state index in [1.807, 2.05) is 41.5 Å². The molecule has 0 aliphatic heterocycles. The second-order valence-electron chi connectivity index (χ2n) is 8.22. The quantitative estimate of drug-likeness (QED) is 0.353. The Kier molecular flexibility index (Phi) is 27.2. The van der Waals surface area contributed by atoms with Crippen LogP contribution in [0.2, 0.25) is 19.6 Å². The van der Waals surface area contributed by atoms with Crippen molar-refractivity contribution in [3.05, 3.63) is 41.5 Å². The first-order valence-corrected chi connectivity index (χ1v) is 12.6. The summed E-state index contributed by atoms with van der Waals surface area (Å²) in [4.78, 5) is 0. The molecule has 0 saturated carbocycles. The van der Waals surface area contributed by atoms with E-state index >= 15 is 0 Å². The minimum Gasteiger partial charge on any atom is -0.677 e. The zero-order valence-electron chi connectivity index (χ0n) is 18.2. The molecule has 0 atom stereocenters. The average molecular weight is 445 g/mol. The molecule has 1 aromatic carbocycles. The fourth-order valence-electron chi connectivity index (χ4n) is 0.874. The van der Waals surface area contributed by atoms with Gasteiger partial charge in [-0.15, -0.1) is 19.6 Å². The van der Waals surface area contributed by atoms with Crippen LogP contribution in [0.4, 0.5) is 0 Å². The molecular formula is C20H43N3SiZr. The van der Waals surface area contributed by atoms with Crippen LogP contribution in [0.1, 0.15) is 41.5 Å². The third-order valence-electron chi connectivity index (χ3n) is 2.75. The van der Waals surface area contributed by atoms with Gasteiger partial charge in [-0.25, -0.2) is 12.1 Å². The molecule has 0 heterocycles. The average Bonchev–Trinajstić information content (AvgIpc) is 3.03. The Labute approximate surface area is 179 Å². The molecule has 25 heavy (non-hydrogen) atoms. The summed E-state index contributed by atoms with van der Waals surface area (Å²) in [7, 11) is -0.981. The standard InChI is InChI=1S/C8H13Si.3C4H10N.Zr/c1-9(2,3)8-6-4-5-7-8;3*1-4(2)3-5;/h4-7H,1-3H3;3*4-5H,3H2,1-2H3;/q4*-1;+4. The van der Waals surface area contributed by atoms with Crippen LogP contribution in [0.3, 0.4) is 0 Å². The van der Waals surface area contributed by atoms with Crippen molar-refractivity contribution in [1.82, 2.24) is 0 Å². The predicted octanol–water partition coefficient (Wildman–Crippen LogP) is 7.03. The van der Waals surface area contributed by atoms with Crippen LogP contribution in [0.15, 0.2) is 24.3 Å². The molecule has 3 N–H and O–H groups in total. The monoisotopic (exact) mass is 443 g/mol. The van der Waals surface area contributed by atoms with E-state index < -0.39 is 8.07 Å². The van der Waals surface area contributed by atoms with Crippen molar-refractivity contribution in [2.45, 2.75) is 61.2 Å². The maximum absolute atomic E-state index is 6.66. The van der Waals surface area contributed by atoms with Crippen molar-refractivity contribution in [2.75, 3.05) is 19.6 Å². The largest absolute Gasteiger partial charge is 4.00 e. The molecule has 0 fully saturated rings. The molecule has 0 unspecified atom stereocenters. The summed E-state index contributed by atoms with van der Waals surface area (Å²) in [5.41, 5.74) is 20.0. The van der Waals surface area contributed by atoms with Crippen molar-refractivity contribution >= 4 is 13.3 Å². The molecule has 0 radical (unpaired) electrons. The molecule has 3 nitrogen and oxygen atoms in total. The Bertz CT molecular complexity index is 312. The molecule has 0 saturated heterocycles. The third kappa shape index (κ3) is 32.5. The molecule has 0 aliphatic rings. The van der Waals surface area contributed by atoms with E-state index in [0.717, 1.165) is 0 Å². The molecule has 0 aromatic heterocycles. The van der Waals surface area contributed by atoms with Crippen molar-refractivity contribution in [2.24, 2.45) is 17.8 Å². The third-order valence-corrected chi connectivity index (χ3v) is 4.82. The van der Waals surface area contributed by atoms with Crippen LogP contribution in [0.25, 0.3) is 17.2 Å². The van der Waals surface area contributed by atoms with E-state index in [9.17, 15) is 0 Å². The summed E-state index contributed by atoms with van der Waals surface area (Å²) in [5, 5.41) is 1.56. The first-order valence-electron chi connectivity index (χ1n) is 9.08. The van der Waals surface area contributed by atoms with E-state index in [-0.39, 0.29) is 26.2 Å². The molecule has 1 aromatic rings. The number of rotatable bonds is 4. The molecule has 0 amide bonds. The van der Waals surface area contributed by atoms with E-state index in [1.165, 1.54) is 0 Å². The Balaban J connectivity index is -0.000000122. The van der Waals surface area contributed by atoms with Gasteiger partial charge in [-0.1, -0.05) is 78.9 Å². The number of nitrogens with one attached hydrogen (secondary N) is 3. The van der Waals surface area contributed by atoms with Gasteiger partial charge in [0.15, 0.2) is 0 Å². The first-order chi connectivity index (χ1) is 10.9. The summed E-state index contributed by atoms with van der Waals surface area (Å²) in [5.74, 6) is 1.65. The second kappa shape index (κ2) is 20.6. The van der Waals surface area contributed by atoms with Gasteiger partial charge >= 0.3 is 26.2 Å². The number of hydrogen-bond donors (Lipinski definition) is 0. The first kappa shape index (κ1) is 33.0. The maximum atomic E-state index is 6.66. The second-order valence-corrected chi connectivity index (χ2v) is 13.3. The van der Waals surface area contributed by atoms with Crippen LogP contribution in [-0.2, 0) is 26.2 Å². The van der Waals surface area contributed by atoms with E-state index in [4.69, 9.17) is 17.2 Å². The SMILES string of the molecule is CC(C)C[NH-].CC(C)C[NH-].CC(C)C[NH-].C[Si](C)(C)[c-]1cccc1.[Zr+4]. The van der Waals surface area contributed by atoms with Gasteiger partial charge in [0.1, 0.15) is 0 Å². The van der Waals surface area contributed by atoms with Gasteiger partial charge < -0.3 is 17.2 Å². The molecule has 0 bridgehead atoms. The van der Waals surface area contributed by atoms with E-state index in [0.29, 0.717) is 37.4 Å². The minimum absolute atomic E-state index is 0. The summed E-state index contributed by atoms with van der Waals surface area (Å²) >= 11 is 0. The molecule has 146 valence electrons. The molecule has 0 spiro atoms. The molecule has 0 aliphatic carbocycles. The van der Waals surface area contributed by atoms with Gasteiger partial charge in [0.05, 0.1) is 0 Å². The van der Waals surface area contributed by atoms with Crippen molar-refractivity contribution in [3.63, 3.8) is 0 Å². The molecule has 5 heteroatoms. The van der Waals surface area contributed by atoms with Gasteiger partial charge in [-0.3, -0.25) is 0 Å². The van der Waals surface area contributed by atoms with Crippen LogP contribution in [0.5, 0.6) is 0 Å².